The van der Waals surface area contributed by atoms with E-state index in [-0.39, 0.29) is 0 Å². The number of hydrogen-bond acceptors (Lipinski definition) is 2. The molecule has 1 aliphatic rings. The highest BCUT2D eigenvalue weighted by atomic mass is 16.3. The van der Waals surface area contributed by atoms with Crippen molar-refractivity contribution >= 4 is 5.69 Å². The molecule has 0 bridgehead atoms. The Labute approximate surface area is 181 Å². The third kappa shape index (κ3) is 4.60. The van der Waals surface area contributed by atoms with Gasteiger partial charge in [0.15, 0.2) is 0 Å². The Morgan fingerprint density at radius 3 is 2.13 bits per heavy atom. The first kappa shape index (κ1) is 20.7. The maximum atomic E-state index is 12.0. The average Bonchev–Trinajstić information content (AvgIpc) is 2.81. The number of nitrogens with zero attached hydrogens (tertiary/aromatic N) is 1. The van der Waals surface area contributed by atoms with E-state index in [1.54, 1.807) is 0 Å². The molecule has 1 N–H and O–H groups in total. The van der Waals surface area contributed by atoms with E-state index in [1.165, 1.54) is 36.1 Å². The topological polar surface area (TPSA) is 23.5 Å². The van der Waals surface area contributed by atoms with Crippen LogP contribution >= 0.6 is 0 Å². The summed E-state index contributed by atoms with van der Waals surface area (Å²) in [6.07, 6.45) is 6.64. The summed E-state index contributed by atoms with van der Waals surface area (Å²) in [4.78, 5) is 2.46. The van der Waals surface area contributed by atoms with Crippen LogP contribution in [0.15, 0.2) is 78.9 Å². The molecule has 1 aliphatic heterocycles. The van der Waals surface area contributed by atoms with Gasteiger partial charge in [-0.05, 0) is 60.1 Å². The van der Waals surface area contributed by atoms with E-state index in [4.69, 9.17) is 0 Å². The van der Waals surface area contributed by atoms with Crippen molar-refractivity contribution < 1.29 is 5.11 Å². The highest BCUT2D eigenvalue weighted by Crippen LogP contribution is 2.35. The van der Waals surface area contributed by atoms with Gasteiger partial charge in [-0.2, -0.15) is 0 Å². The van der Waals surface area contributed by atoms with E-state index in [2.05, 4.69) is 60.4 Å². The zero-order valence-corrected chi connectivity index (χ0v) is 18.1. The van der Waals surface area contributed by atoms with Crippen LogP contribution in [-0.2, 0) is 18.4 Å². The second-order valence-corrected chi connectivity index (χ2v) is 8.57. The van der Waals surface area contributed by atoms with Gasteiger partial charge in [0.05, 0.1) is 0 Å². The number of aliphatic hydroxyl groups is 1. The van der Waals surface area contributed by atoms with E-state index in [9.17, 15) is 5.11 Å². The van der Waals surface area contributed by atoms with Crippen LogP contribution in [0.4, 0.5) is 5.69 Å². The molecule has 1 saturated heterocycles. The predicted octanol–water partition coefficient (Wildman–Crippen LogP) is 6.11. The largest absolute Gasteiger partial charge is 0.380 e. The number of aryl methyl sites for hydroxylation is 1. The second-order valence-electron chi connectivity index (χ2n) is 8.57. The molecule has 0 aliphatic carbocycles. The van der Waals surface area contributed by atoms with Crippen LogP contribution in [0.1, 0.15) is 54.9 Å². The Bertz CT molecular complexity index is 928. The summed E-state index contributed by atoms with van der Waals surface area (Å²) in [6, 6.07) is 27.4. The van der Waals surface area contributed by atoms with Gasteiger partial charge in [-0.3, -0.25) is 0 Å². The maximum Gasteiger partial charge on any atom is 0.119 e. The zero-order valence-electron chi connectivity index (χ0n) is 18.1. The van der Waals surface area contributed by atoms with E-state index in [0.717, 1.165) is 37.1 Å². The van der Waals surface area contributed by atoms with E-state index < -0.39 is 5.60 Å². The SMILES string of the molecule is CCCc1cccc(CC(O)(c2ccccc2)c2ccc(N3CCCCC3)cc2)c1. The molecule has 1 unspecified atom stereocenters. The normalized spacial score (nSPS) is 16.3. The minimum absolute atomic E-state index is 0.567. The molecule has 2 heteroatoms. The van der Waals surface area contributed by atoms with Crippen LogP contribution in [0.5, 0.6) is 0 Å². The lowest BCUT2D eigenvalue weighted by Gasteiger charge is -2.32. The van der Waals surface area contributed by atoms with Crippen LogP contribution in [0.25, 0.3) is 0 Å². The van der Waals surface area contributed by atoms with E-state index >= 15 is 0 Å². The Morgan fingerprint density at radius 2 is 1.43 bits per heavy atom. The first-order valence-electron chi connectivity index (χ1n) is 11.4. The van der Waals surface area contributed by atoms with Crippen molar-refractivity contribution in [3.63, 3.8) is 0 Å². The van der Waals surface area contributed by atoms with E-state index in [0.29, 0.717) is 6.42 Å². The highest BCUT2D eigenvalue weighted by Gasteiger charge is 2.32. The molecule has 4 rings (SSSR count). The monoisotopic (exact) mass is 399 g/mol. The first-order valence-corrected chi connectivity index (χ1v) is 11.4. The third-order valence-corrected chi connectivity index (χ3v) is 6.31. The van der Waals surface area contributed by atoms with Crippen molar-refractivity contribution in [1.82, 2.24) is 0 Å². The maximum absolute atomic E-state index is 12.0. The van der Waals surface area contributed by atoms with Crippen molar-refractivity contribution in [2.24, 2.45) is 0 Å². The van der Waals surface area contributed by atoms with Gasteiger partial charge in [0, 0.05) is 25.2 Å². The van der Waals surface area contributed by atoms with Crippen LogP contribution in [-0.4, -0.2) is 18.2 Å². The Kier molecular flexibility index (Phi) is 6.54. The quantitative estimate of drug-likeness (QED) is 0.518. The number of anilines is 1. The van der Waals surface area contributed by atoms with Crippen LogP contribution < -0.4 is 4.90 Å². The molecule has 0 aromatic heterocycles. The third-order valence-electron chi connectivity index (χ3n) is 6.31. The molecule has 0 amide bonds. The summed E-state index contributed by atoms with van der Waals surface area (Å²) in [5, 5.41) is 12.0. The fourth-order valence-corrected chi connectivity index (χ4v) is 4.66. The molecule has 30 heavy (non-hydrogen) atoms. The summed E-state index contributed by atoms with van der Waals surface area (Å²) in [5.41, 5.74) is 4.62. The fourth-order valence-electron chi connectivity index (χ4n) is 4.66. The molecule has 0 saturated carbocycles. The van der Waals surface area contributed by atoms with Gasteiger partial charge in [-0.25, -0.2) is 0 Å². The molecular weight excluding hydrogens is 366 g/mol. The lowest BCUT2D eigenvalue weighted by Crippen LogP contribution is -2.31. The number of piperidine rings is 1. The average molecular weight is 400 g/mol. The summed E-state index contributed by atoms with van der Waals surface area (Å²) in [5.74, 6) is 0. The first-order chi connectivity index (χ1) is 14.7. The minimum Gasteiger partial charge on any atom is -0.380 e. The summed E-state index contributed by atoms with van der Waals surface area (Å²) < 4.78 is 0. The molecule has 1 atom stereocenters. The summed E-state index contributed by atoms with van der Waals surface area (Å²) >= 11 is 0. The van der Waals surface area contributed by atoms with Gasteiger partial charge < -0.3 is 10.0 Å². The van der Waals surface area contributed by atoms with Crippen LogP contribution in [0.3, 0.4) is 0 Å². The highest BCUT2D eigenvalue weighted by molar-refractivity contribution is 5.50. The lowest BCUT2D eigenvalue weighted by molar-refractivity contribution is 0.0811. The second kappa shape index (κ2) is 9.49. The molecule has 0 spiro atoms. The van der Waals surface area contributed by atoms with Gasteiger partial charge >= 0.3 is 0 Å². The molecule has 2 nitrogen and oxygen atoms in total. The minimum atomic E-state index is -1.05. The van der Waals surface area contributed by atoms with Crippen LogP contribution in [0.2, 0.25) is 0 Å². The fraction of sp³-hybridized carbons (Fsp3) is 0.357. The van der Waals surface area contributed by atoms with Gasteiger partial charge in [-0.15, -0.1) is 0 Å². The van der Waals surface area contributed by atoms with E-state index in [1.807, 2.05) is 30.3 Å². The number of rotatable bonds is 7. The van der Waals surface area contributed by atoms with Crippen molar-refractivity contribution in [1.29, 1.82) is 0 Å². The van der Waals surface area contributed by atoms with Gasteiger partial charge in [0.1, 0.15) is 5.60 Å². The van der Waals surface area contributed by atoms with Crippen molar-refractivity contribution in [3.05, 3.63) is 101 Å². The molecule has 3 aromatic rings. The standard InChI is InChI=1S/C28H33NO/c1-2-10-23-11-9-12-24(21-23)22-28(30,25-13-5-3-6-14-25)26-15-17-27(18-16-26)29-19-7-4-8-20-29/h3,5-6,9,11-18,21,30H,2,4,7-8,10,19-20,22H2,1H3. The number of hydrogen-bond donors (Lipinski definition) is 1. The Balaban J connectivity index is 1.67. The molecule has 1 fully saturated rings. The summed E-state index contributed by atoms with van der Waals surface area (Å²) in [6.45, 7) is 4.47. The molecule has 156 valence electrons. The Hall–Kier alpha value is -2.58. The Morgan fingerprint density at radius 1 is 0.767 bits per heavy atom. The lowest BCUT2D eigenvalue weighted by atomic mass is 9.81. The molecule has 1 heterocycles. The number of benzene rings is 3. The smallest absolute Gasteiger partial charge is 0.119 e. The van der Waals surface area contributed by atoms with Gasteiger partial charge in [0.25, 0.3) is 0 Å². The molecule has 0 radical (unpaired) electrons. The van der Waals surface area contributed by atoms with Crippen molar-refractivity contribution in [3.8, 4) is 0 Å². The molecular formula is C28H33NO. The van der Waals surface area contributed by atoms with Gasteiger partial charge in [0.2, 0.25) is 0 Å². The van der Waals surface area contributed by atoms with Crippen LogP contribution in [0, 0.1) is 0 Å². The zero-order chi connectivity index (χ0) is 20.8. The van der Waals surface area contributed by atoms with Gasteiger partial charge in [-0.1, -0.05) is 80.1 Å². The summed E-state index contributed by atoms with van der Waals surface area (Å²) in [7, 11) is 0. The predicted molar refractivity (Wildman–Crippen MR) is 126 cm³/mol. The van der Waals surface area contributed by atoms with Crippen molar-refractivity contribution in [2.45, 2.75) is 51.0 Å². The van der Waals surface area contributed by atoms with Crippen molar-refractivity contribution in [2.75, 3.05) is 18.0 Å². The molecule has 3 aromatic carbocycles.